The van der Waals surface area contributed by atoms with E-state index >= 15 is 0 Å². The highest BCUT2D eigenvalue weighted by Crippen LogP contribution is 2.22. The molecule has 0 amide bonds. The lowest BCUT2D eigenvalue weighted by molar-refractivity contribution is 0.107. The van der Waals surface area contributed by atoms with Crippen LogP contribution in [0.25, 0.3) is 11.3 Å². The van der Waals surface area contributed by atoms with Gasteiger partial charge in [0.05, 0.1) is 12.3 Å². The maximum atomic E-state index is 12.0. The van der Waals surface area contributed by atoms with Gasteiger partial charge in [0.1, 0.15) is 11.3 Å². The van der Waals surface area contributed by atoms with Crippen LogP contribution in [0.4, 0.5) is 0 Å². The van der Waals surface area contributed by atoms with Crippen LogP contribution in [0.3, 0.4) is 0 Å². The van der Waals surface area contributed by atoms with E-state index < -0.39 is 10.8 Å². The highest BCUT2D eigenvalue weighted by molar-refractivity contribution is 6.67. The van der Waals surface area contributed by atoms with Gasteiger partial charge in [0.15, 0.2) is 0 Å². The fourth-order valence-electron chi connectivity index (χ4n) is 1.95. The molecule has 0 aliphatic carbocycles. The molecule has 0 fully saturated rings. The number of carbonyl (C=O) groups excluding carboxylic acids is 1. The van der Waals surface area contributed by atoms with Crippen LogP contribution < -0.4 is 10.3 Å². The Morgan fingerprint density at radius 2 is 2.10 bits per heavy atom. The Bertz CT molecular complexity index is 725. The Morgan fingerprint density at radius 3 is 2.71 bits per heavy atom. The van der Waals surface area contributed by atoms with Crippen molar-refractivity contribution in [3.63, 3.8) is 0 Å². The molecule has 0 radical (unpaired) electrons. The molecule has 5 nitrogen and oxygen atoms in total. The van der Waals surface area contributed by atoms with E-state index in [9.17, 15) is 9.59 Å². The van der Waals surface area contributed by atoms with Crippen LogP contribution in [0.1, 0.15) is 24.2 Å². The molecule has 21 heavy (non-hydrogen) atoms. The molecule has 0 unspecified atom stereocenters. The second kappa shape index (κ2) is 6.54. The van der Waals surface area contributed by atoms with E-state index in [0.717, 1.165) is 5.56 Å². The summed E-state index contributed by atoms with van der Waals surface area (Å²) in [5.41, 5.74) is 0.692. The number of rotatable bonds is 5. The standard InChI is InChI=1S/C15H15ClN2O3/c1-3-18-15(20)12(14(16)19)9-13(17-18)10-6-5-7-11(8-10)21-4-2/h5-9H,3-4H2,1-2H3. The number of ether oxygens (including phenoxy) is 1. The SMILES string of the molecule is CCOc1cccc(-c2cc(C(=O)Cl)c(=O)n(CC)n2)c1. The van der Waals surface area contributed by atoms with Crippen LogP contribution in [0.2, 0.25) is 0 Å². The lowest BCUT2D eigenvalue weighted by Crippen LogP contribution is -2.27. The number of benzene rings is 1. The summed E-state index contributed by atoms with van der Waals surface area (Å²) < 4.78 is 6.66. The smallest absolute Gasteiger partial charge is 0.278 e. The Balaban J connectivity index is 2.58. The van der Waals surface area contributed by atoms with E-state index in [2.05, 4.69) is 5.10 Å². The second-order valence-electron chi connectivity index (χ2n) is 4.30. The lowest BCUT2D eigenvalue weighted by atomic mass is 10.1. The first kappa shape index (κ1) is 15.3. The van der Waals surface area contributed by atoms with E-state index in [0.29, 0.717) is 24.6 Å². The van der Waals surface area contributed by atoms with Crippen molar-refractivity contribution in [2.24, 2.45) is 0 Å². The van der Waals surface area contributed by atoms with Gasteiger partial charge >= 0.3 is 0 Å². The minimum atomic E-state index is -0.785. The molecule has 0 saturated heterocycles. The van der Waals surface area contributed by atoms with Crippen molar-refractivity contribution < 1.29 is 9.53 Å². The summed E-state index contributed by atoms with van der Waals surface area (Å²) in [5, 5.41) is 3.46. The molecule has 0 aliphatic rings. The molecule has 1 heterocycles. The quantitative estimate of drug-likeness (QED) is 0.797. The predicted octanol–water partition coefficient (Wildman–Crippen LogP) is 2.71. The summed E-state index contributed by atoms with van der Waals surface area (Å²) in [6.45, 7) is 4.58. The largest absolute Gasteiger partial charge is 0.494 e. The molecule has 2 aromatic rings. The first-order valence-electron chi connectivity index (χ1n) is 6.62. The fraction of sp³-hybridized carbons (Fsp3) is 0.267. The zero-order valence-corrected chi connectivity index (χ0v) is 12.6. The molecular weight excluding hydrogens is 292 g/mol. The van der Waals surface area contributed by atoms with Crippen LogP contribution in [-0.4, -0.2) is 21.6 Å². The summed E-state index contributed by atoms with van der Waals surface area (Å²) in [4.78, 5) is 23.4. The normalized spacial score (nSPS) is 10.4. The summed E-state index contributed by atoms with van der Waals surface area (Å²) in [7, 11) is 0. The number of nitrogens with zero attached hydrogens (tertiary/aromatic N) is 2. The molecule has 1 aromatic carbocycles. The first-order chi connectivity index (χ1) is 10.1. The van der Waals surface area contributed by atoms with E-state index in [1.165, 1.54) is 10.7 Å². The van der Waals surface area contributed by atoms with Gasteiger partial charge in [0.25, 0.3) is 10.8 Å². The zero-order valence-electron chi connectivity index (χ0n) is 11.8. The highest BCUT2D eigenvalue weighted by atomic mass is 35.5. The third kappa shape index (κ3) is 3.31. The van der Waals surface area contributed by atoms with E-state index in [4.69, 9.17) is 16.3 Å². The van der Waals surface area contributed by atoms with E-state index in [-0.39, 0.29) is 5.56 Å². The average Bonchev–Trinajstić information content (AvgIpc) is 2.48. The molecular formula is C15H15ClN2O3. The van der Waals surface area contributed by atoms with Crippen LogP contribution in [0.15, 0.2) is 35.1 Å². The van der Waals surface area contributed by atoms with Gasteiger partial charge in [-0.15, -0.1) is 0 Å². The van der Waals surface area contributed by atoms with Gasteiger partial charge in [-0.05, 0) is 43.6 Å². The topological polar surface area (TPSA) is 61.2 Å². The summed E-state index contributed by atoms with van der Waals surface area (Å²) in [5.74, 6) is 0.699. The molecule has 1 aromatic heterocycles. The summed E-state index contributed by atoms with van der Waals surface area (Å²) in [6, 6.07) is 8.70. The number of aromatic nitrogens is 2. The van der Waals surface area contributed by atoms with E-state index in [1.807, 2.05) is 25.1 Å². The Kier molecular flexibility index (Phi) is 4.75. The minimum absolute atomic E-state index is 0.0784. The van der Waals surface area contributed by atoms with Crippen LogP contribution >= 0.6 is 11.6 Å². The number of carbonyl (C=O) groups is 1. The van der Waals surface area contributed by atoms with Crippen molar-refractivity contribution in [2.45, 2.75) is 20.4 Å². The van der Waals surface area contributed by atoms with E-state index in [1.54, 1.807) is 13.0 Å². The van der Waals surface area contributed by atoms with Gasteiger partial charge in [-0.3, -0.25) is 9.59 Å². The van der Waals surface area contributed by atoms with Gasteiger partial charge < -0.3 is 4.74 Å². The number of hydrogen-bond acceptors (Lipinski definition) is 4. The van der Waals surface area contributed by atoms with Gasteiger partial charge in [0, 0.05) is 12.1 Å². The number of hydrogen-bond donors (Lipinski definition) is 0. The Morgan fingerprint density at radius 1 is 1.33 bits per heavy atom. The van der Waals surface area contributed by atoms with Crippen molar-refractivity contribution in [3.8, 4) is 17.0 Å². The third-order valence-corrected chi connectivity index (χ3v) is 3.13. The van der Waals surface area contributed by atoms with Crippen molar-refractivity contribution in [3.05, 3.63) is 46.2 Å². The van der Waals surface area contributed by atoms with Crippen molar-refractivity contribution in [2.75, 3.05) is 6.61 Å². The van der Waals surface area contributed by atoms with Gasteiger partial charge in [-0.25, -0.2) is 4.68 Å². The Labute approximate surface area is 127 Å². The maximum Gasteiger partial charge on any atom is 0.278 e. The fourth-order valence-corrected chi connectivity index (χ4v) is 2.09. The van der Waals surface area contributed by atoms with Crippen LogP contribution in [0, 0.1) is 0 Å². The molecule has 2 rings (SSSR count). The molecule has 0 N–H and O–H groups in total. The van der Waals surface area contributed by atoms with Crippen LogP contribution in [0.5, 0.6) is 5.75 Å². The molecule has 110 valence electrons. The minimum Gasteiger partial charge on any atom is -0.494 e. The second-order valence-corrected chi connectivity index (χ2v) is 4.64. The first-order valence-corrected chi connectivity index (χ1v) is 6.99. The molecule has 0 saturated carbocycles. The van der Waals surface area contributed by atoms with Gasteiger partial charge in [-0.1, -0.05) is 12.1 Å². The van der Waals surface area contributed by atoms with Crippen molar-refractivity contribution >= 4 is 16.8 Å². The third-order valence-electron chi connectivity index (χ3n) is 2.93. The van der Waals surface area contributed by atoms with Crippen LogP contribution in [-0.2, 0) is 6.54 Å². The highest BCUT2D eigenvalue weighted by Gasteiger charge is 2.14. The summed E-state index contributed by atoms with van der Waals surface area (Å²) in [6.07, 6.45) is 0. The average molecular weight is 307 g/mol. The molecule has 6 heteroatoms. The Hall–Kier alpha value is -2.14. The van der Waals surface area contributed by atoms with Crippen molar-refractivity contribution in [1.29, 1.82) is 0 Å². The number of aryl methyl sites for hydroxylation is 1. The lowest BCUT2D eigenvalue weighted by Gasteiger charge is -2.09. The van der Waals surface area contributed by atoms with Gasteiger partial charge in [0.2, 0.25) is 0 Å². The van der Waals surface area contributed by atoms with Gasteiger partial charge in [-0.2, -0.15) is 5.10 Å². The molecule has 0 bridgehead atoms. The molecule has 0 atom stereocenters. The zero-order chi connectivity index (χ0) is 15.4. The number of halogens is 1. The molecule has 0 spiro atoms. The monoisotopic (exact) mass is 306 g/mol. The van der Waals surface area contributed by atoms with Crippen molar-refractivity contribution in [1.82, 2.24) is 9.78 Å². The predicted molar refractivity (Wildman–Crippen MR) is 81.0 cm³/mol. The molecule has 0 aliphatic heterocycles. The maximum absolute atomic E-state index is 12.0. The summed E-state index contributed by atoms with van der Waals surface area (Å²) >= 11 is 5.47.